The Morgan fingerprint density at radius 3 is 3.00 bits per heavy atom. The molecule has 0 radical (unpaired) electrons. The van der Waals surface area contributed by atoms with Crippen molar-refractivity contribution in [2.24, 2.45) is 0 Å². The van der Waals surface area contributed by atoms with Crippen LogP contribution in [0.1, 0.15) is 17.5 Å². The molecule has 2 heterocycles. The Morgan fingerprint density at radius 1 is 1.36 bits per heavy atom. The van der Waals surface area contributed by atoms with Crippen molar-refractivity contribution in [3.05, 3.63) is 63.5 Å². The molecule has 126 valence electrons. The zero-order chi connectivity index (χ0) is 17.6. The number of carbonyl (C=O) groups excluding carboxylic acids is 1. The third kappa shape index (κ3) is 4.22. The minimum absolute atomic E-state index is 0.00569. The summed E-state index contributed by atoms with van der Waals surface area (Å²) in [4.78, 5) is 24.3. The van der Waals surface area contributed by atoms with E-state index in [9.17, 15) is 9.59 Å². The molecule has 2 aromatic heterocycles. The summed E-state index contributed by atoms with van der Waals surface area (Å²) >= 11 is 1.41. The molecule has 0 unspecified atom stereocenters. The fraction of sp³-hybridized carbons (Fsp3) is 0.176. The van der Waals surface area contributed by atoms with E-state index in [2.05, 4.69) is 5.10 Å². The van der Waals surface area contributed by atoms with Crippen molar-refractivity contribution in [1.82, 2.24) is 9.78 Å². The largest absolute Gasteiger partial charge is 0.461 e. The molecular formula is C17H13N3O4S. The maximum Gasteiger partial charge on any atom is 0.437 e. The number of carbonyl (C=O) groups is 1. The number of esters is 1. The molecule has 0 saturated heterocycles. The molecule has 25 heavy (non-hydrogen) atoms. The van der Waals surface area contributed by atoms with E-state index in [4.69, 9.17) is 14.4 Å². The second kappa shape index (κ2) is 7.59. The van der Waals surface area contributed by atoms with Crippen LogP contribution in [0, 0.1) is 11.3 Å². The van der Waals surface area contributed by atoms with Gasteiger partial charge in [0.05, 0.1) is 29.5 Å². The molecule has 8 heteroatoms. The van der Waals surface area contributed by atoms with Gasteiger partial charge in [-0.3, -0.25) is 4.79 Å². The smallest absolute Gasteiger partial charge is 0.437 e. The van der Waals surface area contributed by atoms with Crippen LogP contribution in [0.2, 0.25) is 0 Å². The van der Waals surface area contributed by atoms with Gasteiger partial charge in [-0.1, -0.05) is 18.2 Å². The normalized spacial score (nSPS) is 10.4. The van der Waals surface area contributed by atoms with E-state index in [0.717, 1.165) is 15.1 Å². The lowest BCUT2D eigenvalue weighted by Gasteiger charge is -2.04. The molecular weight excluding hydrogens is 342 g/mol. The summed E-state index contributed by atoms with van der Waals surface area (Å²) in [5.41, 5.74) is 1.23. The Hall–Kier alpha value is -3.18. The van der Waals surface area contributed by atoms with Gasteiger partial charge in [-0.2, -0.15) is 9.94 Å². The number of hydrogen-bond donors (Lipinski definition) is 0. The number of aryl methyl sites for hydroxylation is 1. The second-order valence-corrected chi connectivity index (χ2v) is 6.04. The maximum absolute atomic E-state index is 11.8. The van der Waals surface area contributed by atoms with Gasteiger partial charge < -0.3 is 9.15 Å². The molecule has 0 spiro atoms. The molecule has 0 saturated carbocycles. The summed E-state index contributed by atoms with van der Waals surface area (Å²) in [7, 11) is 0. The van der Waals surface area contributed by atoms with E-state index in [-0.39, 0.29) is 25.5 Å². The van der Waals surface area contributed by atoms with Crippen LogP contribution < -0.4 is 5.76 Å². The average molecular weight is 355 g/mol. The van der Waals surface area contributed by atoms with Gasteiger partial charge in [0.1, 0.15) is 6.61 Å². The van der Waals surface area contributed by atoms with E-state index in [1.54, 1.807) is 30.3 Å². The van der Waals surface area contributed by atoms with Crippen LogP contribution >= 0.6 is 11.3 Å². The predicted molar refractivity (Wildman–Crippen MR) is 89.6 cm³/mol. The molecule has 3 aromatic rings. The molecule has 0 fully saturated rings. The number of nitriles is 1. The summed E-state index contributed by atoms with van der Waals surface area (Å²) in [6, 6.07) is 12.5. The molecule has 0 aliphatic carbocycles. The molecule has 3 rings (SSSR count). The van der Waals surface area contributed by atoms with E-state index in [1.165, 1.54) is 11.3 Å². The SMILES string of the molecule is N#Cc1cccc(COC(=O)CCn2nc(-c3cccs3)oc2=O)c1. The van der Waals surface area contributed by atoms with E-state index in [0.29, 0.717) is 5.56 Å². The van der Waals surface area contributed by atoms with Gasteiger partial charge in [-0.05, 0) is 29.1 Å². The molecule has 0 atom stereocenters. The molecule has 0 aliphatic heterocycles. The number of benzene rings is 1. The zero-order valence-electron chi connectivity index (χ0n) is 13.0. The molecule has 1 aromatic carbocycles. The van der Waals surface area contributed by atoms with Gasteiger partial charge in [-0.15, -0.1) is 16.4 Å². The van der Waals surface area contributed by atoms with Crippen LogP contribution in [0.5, 0.6) is 0 Å². The third-order valence-corrected chi connectivity index (χ3v) is 4.18. The van der Waals surface area contributed by atoms with Crippen LogP contribution in [0.15, 0.2) is 51.0 Å². The van der Waals surface area contributed by atoms with Crippen molar-refractivity contribution >= 4 is 17.3 Å². The minimum atomic E-state index is -0.613. The van der Waals surface area contributed by atoms with E-state index >= 15 is 0 Å². The van der Waals surface area contributed by atoms with E-state index in [1.807, 2.05) is 17.5 Å². The Kier molecular flexibility index (Phi) is 5.06. The summed E-state index contributed by atoms with van der Waals surface area (Å²) in [5.74, 6) is -0.838. The van der Waals surface area contributed by atoms with Crippen LogP contribution in [0.25, 0.3) is 10.8 Å². The van der Waals surface area contributed by atoms with Crippen LogP contribution in [0.3, 0.4) is 0 Å². The Balaban J connectivity index is 1.54. The first-order chi connectivity index (χ1) is 12.2. The van der Waals surface area contributed by atoms with Crippen molar-refractivity contribution in [1.29, 1.82) is 5.26 Å². The first kappa shape index (κ1) is 16.7. The van der Waals surface area contributed by atoms with Crippen molar-refractivity contribution in [2.75, 3.05) is 0 Å². The Bertz CT molecular complexity index is 966. The van der Waals surface area contributed by atoms with Crippen molar-refractivity contribution in [3.63, 3.8) is 0 Å². The second-order valence-electron chi connectivity index (χ2n) is 5.10. The highest BCUT2D eigenvalue weighted by Gasteiger charge is 2.13. The molecule has 0 amide bonds. The zero-order valence-corrected chi connectivity index (χ0v) is 13.9. The number of hydrogen-bond acceptors (Lipinski definition) is 7. The first-order valence-electron chi connectivity index (χ1n) is 7.42. The summed E-state index contributed by atoms with van der Waals surface area (Å²) in [6.07, 6.45) is -0.00569. The summed E-state index contributed by atoms with van der Waals surface area (Å²) in [6.45, 7) is 0.146. The lowest BCUT2D eigenvalue weighted by molar-refractivity contribution is -0.145. The minimum Gasteiger partial charge on any atom is -0.461 e. The first-order valence-corrected chi connectivity index (χ1v) is 8.30. The lowest BCUT2D eigenvalue weighted by atomic mass is 10.1. The molecule has 7 nitrogen and oxygen atoms in total. The van der Waals surface area contributed by atoms with Gasteiger partial charge in [0.2, 0.25) is 0 Å². The maximum atomic E-state index is 11.8. The number of thiophene rings is 1. The van der Waals surface area contributed by atoms with Crippen molar-refractivity contribution in [2.45, 2.75) is 19.6 Å². The third-order valence-electron chi connectivity index (χ3n) is 3.32. The van der Waals surface area contributed by atoms with Gasteiger partial charge in [0, 0.05) is 0 Å². The monoisotopic (exact) mass is 355 g/mol. The quantitative estimate of drug-likeness (QED) is 0.630. The number of ether oxygens (including phenoxy) is 1. The standard InChI is InChI=1S/C17H13N3O4S/c18-10-12-3-1-4-13(9-12)11-23-15(21)6-7-20-17(22)24-16(19-20)14-5-2-8-25-14/h1-5,8-9H,6-7,11H2. The highest BCUT2D eigenvalue weighted by atomic mass is 32.1. The van der Waals surface area contributed by atoms with Crippen molar-refractivity contribution in [3.8, 4) is 16.8 Å². The Morgan fingerprint density at radius 2 is 2.24 bits per heavy atom. The van der Waals surface area contributed by atoms with Gasteiger partial charge in [-0.25, -0.2) is 4.79 Å². The molecule has 0 N–H and O–H groups in total. The van der Waals surface area contributed by atoms with Crippen molar-refractivity contribution < 1.29 is 13.9 Å². The van der Waals surface area contributed by atoms with Gasteiger partial charge in [0.25, 0.3) is 5.89 Å². The van der Waals surface area contributed by atoms with E-state index < -0.39 is 11.7 Å². The topological polar surface area (TPSA) is 98.1 Å². The average Bonchev–Trinajstić information content (AvgIpc) is 3.28. The van der Waals surface area contributed by atoms with Crippen LogP contribution in [-0.2, 0) is 22.7 Å². The number of rotatable bonds is 6. The highest BCUT2D eigenvalue weighted by Crippen LogP contribution is 2.21. The van der Waals surface area contributed by atoms with Gasteiger partial charge in [0.15, 0.2) is 0 Å². The van der Waals surface area contributed by atoms with Crippen LogP contribution in [0.4, 0.5) is 0 Å². The molecule has 0 aliphatic rings. The number of nitrogens with zero attached hydrogens (tertiary/aromatic N) is 3. The molecule has 0 bridgehead atoms. The highest BCUT2D eigenvalue weighted by molar-refractivity contribution is 7.13. The number of aromatic nitrogens is 2. The van der Waals surface area contributed by atoms with Crippen LogP contribution in [-0.4, -0.2) is 15.7 Å². The Labute approximate surface area is 146 Å². The summed E-state index contributed by atoms with van der Waals surface area (Å²) in [5, 5.41) is 14.8. The van der Waals surface area contributed by atoms with Gasteiger partial charge >= 0.3 is 11.7 Å². The fourth-order valence-electron chi connectivity index (χ4n) is 2.11. The summed E-state index contributed by atoms with van der Waals surface area (Å²) < 4.78 is 11.3. The fourth-order valence-corrected chi connectivity index (χ4v) is 2.76. The lowest BCUT2D eigenvalue weighted by Crippen LogP contribution is -2.18. The predicted octanol–water partition coefficient (Wildman–Crippen LogP) is 2.57.